The lowest BCUT2D eigenvalue weighted by atomic mass is 9.93. The zero-order chi connectivity index (χ0) is 22.3. The molecular weight excluding hydrogens is 394 g/mol. The molecule has 3 heteroatoms. The molecule has 4 rings (SSSR count). The SMILES string of the molecule is CCCCCCOc1ccc2ccccc2c1Cc1c(OC(C)N)ccc2ccccc12. The fraction of sp³-hybridized carbons (Fsp3) is 0.310. The highest BCUT2D eigenvalue weighted by molar-refractivity contribution is 5.91. The van der Waals surface area contributed by atoms with Crippen molar-refractivity contribution >= 4 is 21.5 Å². The summed E-state index contributed by atoms with van der Waals surface area (Å²) in [6, 6.07) is 25.4. The molecular formula is C29H33NO2. The van der Waals surface area contributed by atoms with E-state index in [-0.39, 0.29) is 6.23 Å². The van der Waals surface area contributed by atoms with Crippen LogP contribution >= 0.6 is 0 Å². The topological polar surface area (TPSA) is 44.5 Å². The Bertz CT molecular complexity index is 1180. The molecule has 2 N–H and O–H groups in total. The van der Waals surface area contributed by atoms with E-state index < -0.39 is 0 Å². The van der Waals surface area contributed by atoms with Gasteiger partial charge >= 0.3 is 0 Å². The first-order valence-electron chi connectivity index (χ1n) is 11.7. The van der Waals surface area contributed by atoms with Crippen molar-refractivity contribution in [1.82, 2.24) is 0 Å². The van der Waals surface area contributed by atoms with Gasteiger partial charge in [0.1, 0.15) is 17.7 Å². The van der Waals surface area contributed by atoms with Crippen LogP contribution in [0.4, 0.5) is 0 Å². The zero-order valence-electron chi connectivity index (χ0n) is 19.1. The lowest BCUT2D eigenvalue weighted by Gasteiger charge is -2.19. The minimum absolute atomic E-state index is 0.378. The zero-order valence-corrected chi connectivity index (χ0v) is 19.1. The Kier molecular flexibility index (Phi) is 7.28. The van der Waals surface area contributed by atoms with Crippen molar-refractivity contribution in [3.8, 4) is 11.5 Å². The molecule has 32 heavy (non-hydrogen) atoms. The lowest BCUT2D eigenvalue weighted by Crippen LogP contribution is -2.23. The molecule has 1 unspecified atom stereocenters. The van der Waals surface area contributed by atoms with Crippen LogP contribution in [-0.4, -0.2) is 12.8 Å². The Labute approximate surface area is 191 Å². The van der Waals surface area contributed by atoms with Gasteiger partial charge in [0.2, 0.25) is 0 Å². The molecule has 4 aromatic rings. The molecule has 166 valence electrons. The maximum Gasteiger partial charge on any atom is 0.144 e. The third kappa shape index (κ3) is 5.05. The fourth-order valence-electron chi connectivity index (χ4n) is 4.33. The minimum atomic E-state index is -0.378. The summed E-state index contributed by atoms with van der Waals surface area (Å²) in [5.74, 6) is 1.79. The van der Waals surface area contributed by atoms with Crippen LogP contribution in [0.3, 0.4) is 0 Å². The van der Waals surface area contributed by atoms with Crippen molar-refractivity contribution in [2.75, 3.05) is 6.61 Å². The van der Waals surface area contributed by atoms with Crippen LogP contribution in [0.15, 0.2) is 72.8 Å². The number of unbranched alkanes of at least 4 members (excludes halogenated alkanes) is 3. The summed E-state index contributed by atoms with van der Waals surface area (Å²) < 4.78 is 12.4. The van der Waals surface area contributed by atoms with Crippen molar-refractivity contribution in [3.63, 3.8) is 0 Å². The Morgan fingerprint density at radius 3 is 1.94 bits per heavy atom. The number of rotatable bonds is 10. The van der Waals surface area contributed by atoms with Crippen LogP contribution in [0.2, 0.25) is 0 Å². The normalized spacial score (nSPS) is 12.2. The summed E-state index contributed by atoms with van der Waals surface area (Å²) in [6.45, 7) is 4.83. The van der Waals surface area contributed by atoms with E-state index in [0.29, 0.717) is 0 Å². The number of hydrogen-bond donors (Lipinski definition) is 1. The largest absolute Gasteiger partial charge is 0.493 e. The number of fused-ring (bicyclic) bond motifs is 2. The molecule has 0 aromatic heterocycles. The minimum Gasteiger partial charge on any atom is -0.493 e. The van der Waals surface area contributed by atoms with Crippen LogP contribution in [0, 0.1) is 0 Å². The van der Waals surface area contributed by atoms with Crippen LogP contribution in [0.5, 0.6) is 11.5 Å². The number of hydrogen-bond acceptors (Lipinski definition) is 3. The quantitative estimate of drug-likeness (QED) is 0.214. The summed E-state index contributed by atoms with van der Waals surface area (Å²) >= 11 is 0. The molecule has 0 heterocycles. The van der Waals surface area contributed by atoms with Crippen molar-refractivity contribution in [3.05, 3.63) is 83.9 Å². The van der Waals surface area contributed by atoms with E-state index >= 15 is 0 Å². The standard InChI is InChI=1S/C29H33NO2/c1-3-4-5-10-19-31-28-17-15-22-11-6-8-13-24(22)26(28)20-27-25-14-9-7-12-23(25)16-18-29(27)32-21(2)30/h6-9,11-18,21H,3-5,10,19-20,30H2,1-2H3. The molecule has 1 atom stereocenters. The highest BCUT2D eigenvalue weighted by atomic mass is 16.5. The van der Waals surface area contributed by atoms with Crippen LogP contribution in [0.1, 0.15) is 50.7 Å². The van der Waals surface area contributed by atoms with Gasteiger partial charge in [0, 0.05) is 17.5 Å². The highest BCUT2D eigenvalue weighted by Crippen LogP contribution is 2.36. The molecule has 3 nitrogen and oxygen atoms in total. The Balaban J connectivity index is 1.77. The van der Waals surface area contributed by atoms with E-state index in [1.807, 2.05) is 13.0 Å². The number of benzene rings is 4. The predicted molar refractivity (Wildman–Crippen MR) is 135 cm³/mol. The van der Waals surface area contributed by atoms with Crippen molar-refractivity contribution in [2.24, 2.45) is 5.73 Å². The fourth-order valence-corrected chi connectivity index (χ4v) is 4.33. The first kappa shape index (κ1) is 22.2. The molecule has 0 saturated carbocycles. The average molecular weight is 428 g/mol. The molecule has 0 fully saturated rings. The third-order valence-electron chi connectivity index (χ3n) is 5.92. The Morgan fingerprint density at radius 1 is 0.719 bits per heavy atom. The van der Waals surface area contributed by atoms with Gasteiger partial charge in [-0.05, 0) is 47.0 Å². The third-order valence-corrected chi connectivity index (χ3v) is 5.92. The van der Waals surface area contributed by atoms with Gasteiger partial charge in [-0.25, -0.2) is 0 Å². The van der Waals surface area contributed by atoms with E-state index in [2.05, 4.69) is 73.7 Å². The van der Waals surface area contributed by atoms with Gasteiger partial charge in [-0.1, -0.05) is 86.8 Å². The van der Waals surface area contributed by atoms with Gasteiger partial charge < -0.3 is 9.47 Å². The smallest absolute Gasteiger partial charge is 0.144 e. The highest BCUT2D eigenvalue weighted by Gasteiger charge is 2.16. The molecule has 0 amide bonds. The number of ether oxygens (including phenoxy) is 2. The van der Waals surface area contributed by atoms with Gasteiger partial charge in [-0.15, -0.1) is 0 Å². The first-order valence-corrected chi connectivity index (χ1v) is 11.7. The summed E-state index contributed by atoms with van der Waals surface area (Å²) in [6.07, 6.45) is 5.10. The van der Waals surface area contributed by atoms with Gasteiger partial charge in [0.15, 0.2) is 0 Å². The van der Waals surface area contributed by atoms with Crippen molar-refractivity contribution in [2.45, 2.75) is 52.2 Å². The molecule has 0 saturated heterocycles. The molecule has 0 aliphatic carbocycles. The maximum absolute atomic E-state index is 6.33. The Morgan fingerprint density at radius 2 is 1.31 bits per heavy atom. The average Bonchev–Trinajstić information content (AvgIpc) is 2.81. The van der Waals surface area contributed by atoms with E-state index in [1.54, 1.807) is 0 Å². The first-order chi connectivity index (χ1) is 15.7. The Hall–Kier alpha value is -3.04. The summed E-state index contributed by atoms with van der Waals surface area (Å²) in [5, 5.41) is 4.82. The lowest BCUT2D eigenvalue weighted by molar-refractivity contribution is 0.228. The van der Waals surface area contributed by atoms with Gasteiger partial charge in [0.25, 0.3) is 0 Å². The maximum atomic E-state index is 6.33. The van der Waals surface area contributed by atoms with Gasteiger partial charge in [-0.2, -0.15) is 0 Å². The number of nitrogens with two attached hydrogens (primary N) is 1. The van der Waals surface area contributed by atoms with Crippen LogP contribution in [-0.2, 0) is 6.42 Å². The summed E-state index contributed by atoms with van der Waals surface area (Å²) in [7, 11) is 0. The van der Waals surface area contributed by atoms with E-state index in [9.17, 15) is 0 Å². The van der Waals surface area contributed by atoms with Crippen molar-refractivity contribution < 1.29 is 9.47 Å². The molecule has 0 bridgehead atoms. The molecule has 4 aromatic carbocycles. The van der Waals surface area contributed by atoms with Gasteiger partial charge in [-0.3, -0.25) is 5.73 Å². The monoisotopic (exact) mass is 427 g/mol. The molecule has 0 radical (unpaired) electrons. The van der Waals surface area contributed by atoms with Gasteiger partial charge in [0.05, 0.1) is 6.61 Å². The predicted octanol–water partition coefficient (Wildman–Crippen LogP) is 7.23. The van der Waals surface area contributed by atoms with E-state index in [4.69, 9.17) is 15.2 Å². The molecule has 0 aliphatic heterocycles. The summed E-state index contributed by atoms with van der Waals surface area (Å²) in [5.41, 5.74) is 8.35. The van der Waals surface area contributed by atoms with E-state index in [1.165, 1.54) is 46.4 Å². The van der Waals surface area contributed by atoms with Crippen molar-refractivity contribution in [1.29, 1.82) is 0 Å². The van der Waals surface area contributed by atoms with Crippen LogP contribution < -0.4 is 15.2 Å². The second-order valence-corrected chi connectivity index (χ2v) is 8.44. The summed E-state index contributed by atoms with van der Waals surface area (Å²) in [4.78, 5) is 0. The molecule has 0 aliphatic rings. The van der Waals surface area contributed by atoms with Crippen LogP contribution in [0.25, 0.3) is 21.5 Å². The second kappa shape index (κ2) is 10.5. The molecule has 0 spiro atoms. The van der Waals surface area contributed by atoms with E-state index in [0.717, 1.165) is 36.5 Å². The second-order valence-electron chi connectivity index (χ2n) is 8.44.